The number of nitriles is 1. The fraction of sp³-hybridized carbons (Fsp3) is 0.447. The number of H-pyrrole nitrogens is 1. The zero-order chi connectivity index (χ0) is 50.2. The molecule has 1 aliphatic heterocycles. The number of carbonyl (C=O) groups is 1. The van der Waals surface area contributed by atoms with Crippen LogP contribution in [0.4, 0.5) is 34.1 Å². The summed E-state index contributed by atoms with van der Waals surface area (Å²) in [6, 6.07) is 17.5. The van der Waals surface area contributed by atoms with E-state index < -0.39 is 43.1 Å². The van der Waals surface area contributed by atoms with Crippen LogP contribution in [0.1, 0.15) is 90.1 Å². The maximum atomic E-state index is 13.0. The Labute approximate surface area is 397 Å². The van der Waals surface area contributed by atoms with Crippen LogP contribution in [0.15, 0.2) is 90.8 Å². The van der Waals surface area contributed by atoms with Crippen molar-refractivity contribution in [3.8, 4) is 17.9 Å². The standard InChI is InChI=1S/C47H58N11O9P/c1-30(2)57(31(3)4)68(65-23-11-20-48)67-43-27-45(66-34(43)7)56-28-35(46(61)50-47(56)62)12-9-21-49-44(60)13-10-22-55(8)38-17-15-37(16-18-38)51-54-41-25-33(6)40(26-36(41)29-59)53-52-39-19-14-32(5)24-42(39)58(63)64/h14-19,24-26,28,30-31,34,43,45,59H,10-11,13,21-23,27,29H2,1-8H3,(H,49,60)(H,50,61,62)/i7D. The lowest BCUT2D eigenvalue weighted by Crippen LogP contribution is -2.35. The summed E-state index contributed by atoms with van der Waals surface area (Å²) in [5.74, 6) is 5.29. The maximum absolute atomic E-state index is 13.0. The molecule has 360 valence electrons. The third-order valence-electron chi connectivity index (χ3n) is 10.6. The third kappa shape index (κ3) is 14.5. The first kappa shape index (κ1) is 50.9. The van der Waals surface area contributed by atoms with Crippen molar-refractivity contribution in [2.24, 2.45) is 20.5 Å². The monoisotopic (exact) mass is 952 g/mol. The van der Waals surface area contributed by atoms with Gasteiger partial charge in [-0.25, -0.2) is 9.46 Å². The molecule has 1 aromatic heterocycles. The number of rotatable bonds is 21. The van der Waals surface area contributed by atoms with Gasteiger partial charge < -0.3 is 29.1 Å². The Morgan fingerprint density at radius 3 is 2.49 bits per heavy atom. The Kier molecular flexibility index (Phi) is 18.7. The van der Waals surface area contributed by atoms with Gasteiger partial charge in [-0.15, -0.1) is 5.11 Å². The van der Waals surface area contributed by atoms with Crippen LogP contribution in [0, 0.1) is 47.1 Å². The highest BCUT2D eigenvalue weighted by Crippen LogP contribution is 2.50. The van der Waals surface area contributed by atoms with Gasteiger partial charge in [0.25, 0.3) is 19.8 Å². The Hall–Kier alpha value is -6.51. The van der Waals surface area contributed by atoms with E-state index in [9.17, 15) is 29.6 Å². The first-order valence-corrected chi connectivity index (χ1v) is 23.1. The molecule has 3 N–H and O–H groups in total. The van der Waals surface area contributed by atoms with Gasteiger partial charge in [0.15, 0.2) is 5.69 Å². The Morgan fingerprint density at radius 1 is 1.09 bits per heavy atom. The molecule has 0 spiro atoms. The van der Waals surface area contributed by atoms with Crippen molar-refractivity contribution in [1.82, 2.24) is 19.5 Å². The van der Waals surface area contributed by atoms with Crippen molar-refractivity contribution in [3.05, 3.63) is 114 Å². The van der Waals surface area contributed by atoms with E-state index in [1.165, 1.54) is 22.9 Å². The minimum absolute atomic E-state index is 0.00363. The first-order chi connectivity index (χ1) is 33.0. The van der Waals surface area contributed by atoms with Crippen molar-refractivity contribution >= 4 is 48.6 Å². The van der Waals surface area contributed by atoms with Gasteiger partial charge in [0.05, 0.1) is 66.4 Å². The smallest absolute Gasteiger partial charge is 0.330 e. The number of aryl methyl sites for hydroxylation is 2. The number of carbonyl (C=O) groups excluding carboxylic acids is 1. The molecular weight excluding hydrogens is 894 g/mol. The molecule has 1 fully saturated rings. The fourth-order valence-corrected chi connectivity index (χ4v) is 8.83. The van der Waals surface area contributed by atoms with Gasteiger partial charge in [0.2, 0.25) is 5.91 Å². The molecule has 21 heteroatoms. The van der Waals surface area contributed by atoms with E-state index in [0.717, 1.165) is 11.3 Å². The van der Waals surface area contributed by atoms with Crippen molar-refractivity contribution in [3.63, 3.8) is 0 Å². The molecule has 5 rings (SSSR count). The third-order valence-corrected chi connectivity index (χ3v) is 12.7. The number of nitrogens with one attached hydrogen (secondary N) is 2. The number of aromatic amines is 1. The quantitative estimate of drug-likeness (QED) is 0.0177. The number of aromatic nitrogens is 2. The summed E-state index contributed by atoms with van der Waals surface area (Å²) in [6.45, 7) is 11.8. The van der Waals surface area contributed by atoms with Crippen molar-refractivity contribution in [1.29, 1.82) is 5.26 Å². The predicted molar refractivity (Wildman–Crippen MR) is 258 cm³/mol. The number of anilines is 1. The van der Waals surface area contributed by atoms with E-state index in [0.29, 0.717) is 41.2 Å². The number of nitrogens with zero attached hydrogens (tertiary/aromatic N) is 9. The summed E-state index contributed by atoms with van der Waals surface area (Å²) in [5.41, 5.74) is 2.72. The lowest BCUT2D eigenvalue weighted by atomic mass is 10.1. The molecule has 3 aromatic carbocycles. The average molecular weight is 953 g/mol. The second-order valence-electron chi connectivity index (χ2n) is 16.5. The highest BCUT2D eigenvalue weighted by atomic mass is 31.2. The maximum Gasteiger partial charge on any atom is 0.330 e. The fourth-order valence-electron chi connectivity index (χ4n) is 7.07. The van der Waals surface area contributed by atoms with Gasteiger partial charge in [-0.1, -0.05) is 17.9 Å². The van der Waals surface area contributed by atoms with E-state index in [1.54, 1.807) is 44.2 Å². The van der Waals surface area contributed by atoms with Crippen molar-refractivity contribution in [2.45, 2.75) is 111 Å². The van der Waals surface area contributed by atoms with Crippen LogP contribution < -0.4 is 21.5 Å². The molecule has 4 aromatic rings. The summed E-state index contributed by atoms with van der Waals surface area (Å²) in [5, 5.41) is 50.4. The number of nitro benzene ring substituents is 1. The van der Waals surface area contributed by atoms with Crippen LogP contribution in [0.3, 0.4) is 0 Å². The van der Waals surface area contributed by atoms with Crippen LogP contribution in [0.2, 0.25) is 0 Å². The minimum Gasteiger partial charge on any atom is -0.392 e. The number of amides is 1. The Balaban J connectivity index is 1.11. The highest BCUT2D eigenvalue weighted by Gasteiger charge is 2.39. The second kappa shape index (κ2) is 25.0. The number of hydrogen-bond donors (Lipinski definition) is 3. The zero-order valence-electron chi connectivity index (χ0n) is 40.2. The van der Waals surface area contributed by atoms with E-state index in [2.05, 4.69) is 53.3 Å². The zero-order valence-corrected chi connectivity index (χ0v) is 40.1. The molecule has 0 saturated carbocycles. The van der Waals surface area contributed by atoms with Gasteiger partial charge in [-0.05, 0) is 108 Å². The SMILES string of the molecule is [2H]CC1OC(n2cc(C#CCNC(=O)CCCN(C)c3ccc(N=Nc4cc(C)c(N=Nc5ccc(C)cc5[N+](=O)[O-])cc4CO)cc3)c(=O)[nH]c2=O)CC1OP(OCCC#N)N(C(C)C)C(C)C. The molecule has 1 aliphatic rings. The Morgan fingerprint density at radius 2 is 1.81 bits per heavy atom. The van der Waals surface area contributed by atoms with Gasteiger partial charge in [-0.3, -0.25) is 29.3 Å². The predicted octanol–water partition coefficient (Wildman–Crippen LogP) is 8.74. The summed E-state index contributed by atoms with van der Waals surface area (Å²) in [6.07, 6.45) is 0.309. The summed E-state index contributed by atoms with van der Waals surface area (Å²) in [4.78, 5) is 53.6. The topological polar surface area (TPSA) is 255 Å². The summed E-state index contributed by atoms with van der Waals surface area (Å²) in [7, 11) is 0.273. The number of hydrogen-bond acceptors (Lipinski definition) is 16. The second-order valence-corrected chi connectivity index (χ2v) is 17.9. The Bertz CT molecular complexity index is 2700. The number of ether oxygens (including phenoxy) is 1. The molecule has 2 heterocycles. The molecule has 1 saturated heterocycles. The molecule has 20 nitrogen and oxygen atoms in total. The number of aliphatic hydroxyl groups excluding tert-OH is 1. The van der Waals surface area contributed by atoms with E-state index in [-0.39, 0.29) is 80.8 Å². The summed E-state index contributed by atoms with van der Waals surface area (Å²) >= 11 is 0. The minimum atomic E-state index is -1.63. The lowest BCUT2D eigenvalue weighted by molar-refractivity contribution is -0.384. The molecule has 1 amide bonds. The van der Waals surface area contributed by atoms with Gasteiger partial charge >= 0.3 is 5.69 Å². The highest BCUT2D eigenvalue weighted by molar-refractivity contribution is 7.44. The molecule has 4 unspecified atom stereocenters. The van der Waals surface area contributed by atoms with E-state index in [4.69, 9.17) is 20.4 Å². The average Bonchev–Trinajstić information content (AvgIpc) is 3.72. The number of benzene rings is 3. The van der Waals surface area contributed by atoms with E-state index in [1.807, 2.05) is 51.8 Å². The molecule has 0 bridgehead atoms. The van der Waals surface area contributed by atoms with Crippen LogP contribution >= 0.6 is 8.53 Å². The first-order valence-electron chi connectivity index (χ1n) is 22.7. The number of azo groups is 2. The van der Waals surface area contributed by atoms with Crippen LogP contribution in [-0.4, -0.2) is 81.2 Å². The molecule has 0 radical (unpaired) electrons. The van der Waals surface area contributed by atoms with Crippen LogP contribution in [0.5, 0.6) is 0 Å². The van der Waals surface area contributed by atoms with Crippen molar-refractivity contribution in [2.75, 3.05) is 31.6 Å². The number of nitro groups is 1. The molecule has 68 heavy (non-hydrogen) atoms. The van der Waals surface area contributed by atoms with E-state index >= 15 is 0 Å². The van der Waals surface area contributed by atoms with Crippen LogP contribution in [0.25, 0.3) is 0 Å². The van der Waals surface area contributed by atoms with Crippen molar-refractivity contribution < 1.29 is 30.0 Å². The van der Waals surface area contributed by atoms with Gasteiger partial charge in [0, 0.05) is 63.4 Å². The molecule has 4 atom stereocenters. The summed E-state index contributed by atoms with van der Waals surface area (Å²) < 4.78 is 30.0. The van der Waals surface area contributed by atoms with Crippen LogP contribution in [-0.2, 0) is 25.2 Å². The van der Waals surface area contributed by atoms with Gasteiger partial charge in [-0.2, -0.15) is 20.6 Å². The molecule has 0 aliphatic carbocycles. The largest absolute Gasteiger partial charge is 0.392 e. The van der Waals surface area contributed by atoms with Gasteiger partial charge in [0.1, 0.15) is 11.8 Å². The number of aliphatic hydroxyl groups is 1. The lowest BCUT2D eigenvalue weighted by Gasteiger charge is -2.37. The normalized spacial score (nSPS) is 16.6. The molecular formula is C47H58N11O9P.